The van der Waals surface area contributed by atoms with E-state index in [1.807, 2.05) is 42.5 Å². The van der Waals surface area contributed by atoms with Crippen LogP contribution >= 0.6 is 34.8 Å². The van der Waals surface area contributed by atoms with E-state index in [0.29, 0.717) is 21.5 Å². The van der Waals surface area contributed by atoms with Gasteiger partial charge in [-0.3, -0.25) is 11.3 Å². The fourth-order valence-electron chi connectivity index (χ4n) is 1.95. The number of halogens is 3. The zero-order chi connectivity index (χ0) is 13.8. The monoisotopic (exact) mass is 314 g/mol. The maximum Gasteiger partial charge on any atom is 0.0516 e. The molecule has 0 bridgehead atoms. The predicted octanol–water partition coefficient (Wildman–Crippen LogP) is 4.39. The molecule has 3 N–H and O–H groups in total. The van der Waals surface area contributed by atoms with Gasteiger partial charge >= 0.3 is 0 Å². The predicted molar refractivity (Wildman–Crippen MR) is 81.7 cm³/mol. The highest BCUT2D eigenvalue weighted by molar-refractivity contribution is 6.36. The van der Waals surface area contributed by atoms with Crippen LogP contribution < -0.4 is 11.3 Å². The van der Waals surface area contributed by atoms with E-state index in [1.54, 1.807) is 0 Å². The molecule has 19 heavy (non-hydrogen) atoms. The lowest BCUT2D eigenvalue weighted by Crippen LogP contribution is -2.30. The summed E-state index contributed by atoms with van der Waals surface area (Å²) >= 11 is 18.5. The van der Waals surface area contributed by atoms with Crippen molar-refractivity contribution in [1.82, 2.24) is 5.43 Å². The molecule has 0 saturated carbocycles. The fourth-order valence-corrected chi connectivity index (χ4v) is 2.77. The van der Waals surface area contributed by atoms with E-state index in [4.69, 9.17) is 40.6 Å². The second kappa shape index (κ2) is 6.60. The Balaban J connectivity index is 2.32. The van der Waals surface area contributed by atoms with Gasteiger partial charge in [-0.05, 0) is 35.7 Å². The van der Waals surface area contributed by atoms with Crippen molar-refractivity contribution in [1.29, 1.82) is 0 Å². The first-order valence-corrected chi connectivity index (χ1v) is 6.90. The van der Waals surface area contributed by atoms with Gasteiger partial charge in [0.25, 0.3) is 0 Å². The Morgan fingerprint density at radius 2 is 1.47 bits per heavy atom. The van der Waals surface area contributed by atoms with Gasteiger partial charge in [-0.15, -0.1) is 0 Å². The summed E-state index contributed by atoms with van der Waals surface area (Å²) in [6, 6.07) is 12.8. The van der Waals surface area contributed by atoms with Gasteiger partial charge in [-0.2, -0.15) is 0 Å². The standard InChI is InChI=1S/C14H13Cl3N2/c15-11-5-2-1-4-9(11)14(19-18)8-10-12(16)6-3-7-13(10)17/h1-7,14,19H,8,18H2. The van der Waals surface area contributed by atoms with Crippen LogP contribution in [-0.2, 0) is 6.42 Å². The first kappa shape index (κ1) is 14.6. The normalized spacial score (nSPS) is 12.4. The van der Waals surface area contributed by atoms with Crippen LogP contribution in [0.5, 0.6) is 0 Å². The topological polar surface area (TPSA) is 38.0 Å². The first-order chi connectivity index (χ1) is 9.13. The van der Waals surface area contributed by atoms with E-state index in [0.717, 1.165) is 11.1 Å². The van der Waals surface area contributed by atoms with E-state index in [2.05, 4.69) is 5.43 Å². The molecule has 100 valence electrons. The Morgan fingerprint density at radius 3 is 2.05 bits per heavy atom. The van der Waals surface area contributed by atoms with Gasteiger partial charge in [0.15, 0.2) is 0 Å². The number of benzene rings is 2. The zero-order valence-electron chi connectivity index (χ0n) is 10.0. The zero-order valence-corrected chi connectivity index (χ0v) is 12.3. The van der Waals surface area contributed by atoms with Crippen molar-refractivity contribution in [3.05, 3.63) is 68.7 Å². The van der Waals surface area contributed by atoms with E-state index < -0.39 is 0 Å². The van der Waals surface area contributed by atoms with E-state index in [9.17, 15) is 0 Å². The number of nitrogens with one attached hydrogen (secondary N) is 1. The number of hydrazine groups is 1. The second-order valence-corrected chi connectivity index (χ2v) is 5.37. The molecular weight excluding hydrogens is 303 g/mol. The van der Waals surface area contributed by atoms with Crippen molar-refractivity contribution < 1.29 is 0 Å². The summed E-state index contributed by atoms with van der Waals surface area (Å²) in [5, 5.41) is 1.91. The van der Waals surface area contributed by atoms with Crippen LogP contribution in [0.3, 0.4) is 0 Å². The van der Waals surface area contributed by atoms with Crippen LogP contribution in [0.15, 0.2) is 42.5 Å². The summed E-state index contributed by atoms with van der Waals surface area (Å²) in [7, 11) is 0. The lowest BCUT2D eigenvalue weighted by molar-refractivity contribution is 0.552. The lowest BCUT2D eigenvalue weighted by atomic mass is 9.99. The van der Waals surface area contributed by atoms with E-state index in [1.165, 1.54) is 0 Å². The molecule has 0 aromatic heterocycles. The van der Waals surface area contributed by atoms with Crippen LogP contribution in [0.2, 0.25) is 15.1 Å². The Bertz CT molecular complexity index is 552. The van der Waals surface area contributed by atoms with Crippen molar-refractivity contribution in [3.8, 4) is 0 Å². The number of rotatable bonds is 4. The molecule has 0 aliphatic heterocycles. The summed E-state index contributed by atoms with van der Waals surface area (Å²) in [6.45, 7) is 0. The van der Waals surface area contributed by atoms with Crippen LogP contribution in [-0.4, -0.2) is 0 Å². The average molecular weight is 316 g/mol. The Hall–Kier alpha value is -0.770. The summed E-state index contributed by atoms with van der Waals surface area (Å²) < 4.78 is 0. The SMILES string of the molecule is NNC(Cc1c(Cl)cccc1Cl)c1ccccc1Cl. The van der Waals surface area contributed by atoms with Crippen molar-refractivity contribution in [2.75, 3.05) is 0 Å². The molecule has 0 radical (unpaired) electrons. The number of nitrogens with two attached hydrogens (primary N) is 1. The maximum absolute atomic E-state index is 6.18. The minimum atomic E-state index is -0.147. The van der Waals surface area contributed by atoms with E-state index in [-0.39, 0.29) is 6.04 Å². The second-order valence-electron chi connectivity index (χ2n) is 4.15. The van der Waals surface area contributed by atoms with Crippen molar-refractivity contribution in [3.63, 3.8) is 0 Å². The Labute approximate surface area is 127 Å². The smallest absolute Gasteiger partial charge is 0.0516 e. The molecule has 2 aromatic rings. The minimum Gasteiger partial charge on any atom is -0.271 e. The highest BCUT2D eigenvalue weighted by atomic mass is 35.5. The van der Waals surface area contributed by atoms with Crippen molar-refractivity contribution >= 4 is 34.8 Å². The van der Waals surface area contributed by atoms with Gasteiger partial charge < -0.3 is 0 Å². The van der Waals surface area contributed by atoms with Gasteiger partial charge in [0.2, 0.25) is 0 Å². The molecule has 5 heteroatoms. The van der Waals surface area contributed by atoms with Crippen LogP contribution in [0, 0.1) is 0 Å². The third-order valence-corrected chi connectivity index (χ3v) is 4.00. The minimum absolute atomic E-state index is 0.147. The first-order valence-electron chi connectivity index (χ1n) is 5.77. The molecule has 0 fully saturated rings. The molecular formula is C14H13Cl3N2. The molecule has 0 aliphatic carbocycles. The van der Waals surface area contributed by atoms with Crippen molar-refractivity contribution in [2.45, 2.75) is 12.5 Å². The van der Waals surface area contributed by atoms with Crippen LogP contribution in [0.25, 0.3) is 0 Å². The molecule has 0 aliphatic rings. The molecule has 1 atom stereocenters. The number of hydrogen-bond acceptors (Lipinski definition) is 2. The Morgan fingerprint density at radius 1 is 0.895 bits per heavy atom. The summed E-state index contributed by atoms with van der Waals surface area (Å²) in [6.07, 6.45) is 0.568. The molecule has 1 unspecified atom stereocenters. The molecule has 0 heterocycles. The largest absolute Gasteiger partial charge is 0.271 e. The fraction of sp³-hybridized carbons (Fsp3) is 0.143. The van der Waals surface area contributed by atoms with Crippen LogP contribution in [0.4, 0.5) is 0 Å². The Kier molecular flexibility index (Phi) is 5.08. The number of hydrogen-bond donors (Lipinski definition) is 2. The van der Waals surface area contributed by atoms with Gasteiger partial charge in [0, 0.05) is 15.1 Å². The van der Waals surface area contributed by atoms with Crippen molar-refractivity contribution in [2.24, 2.45) is 5.84 Å². The highest BCUT2D eigenvalue weighted by Crippen LogP contribution is 2.31. The molecule has 2 nitrogen and oxygen atoms in total. The lowest BCUT2D eigenvalue weighted by Gasteiger charge is -2.19. The van der Waals surface area contributed by atoms with Gasteiger partial charge in [0.1, 0.15) is 0 Å². The quantitative estimate of drug-likeness (QED) is 0.648. The van der Waals surface area contributed by atoms with Gasteiger partial charge in [0.05, 0.1) is 6.04 Å². The van der Waals surface area contributed by atoms with Gasteiger partial charge in [-0.1, -0.05) is 59.1 Å². The molecule has 0 saturated heterocycles. The summed E-state index contributed by atoms with van der Waals surface area (Å²) in [4.78, 5) is 0. The summed E-state index contributed by atoms with van der Waals surface area (Å²) in [5.41, 5.74) is 4.53. The molecule has 0 amide bonds. The molecule has 2 rings (SSSR count). The molecule has 2 aromatic carbocycles. The highest BCUT2D eigenvalue weighted by Gasteiger charge is 2.16. The summed E-state index contributed by atoms with van der Waals surface area (Å²) in [5.74, 6) is 5.63. The average Bonchev–Trinajstić information content (AvgIpc) is 2.40. The molecule has 0 spiro atoms. The van der Waals surface area contributed by atoms with Gasteiger partial charge in [-0.25, -0.2) is 0 Å². The maximum atomic E-state index is 6.18. The third kappa shape index (κ3) is 3.41. The third-order valence-electron chi connectivity index (χ3n) is 2.95. The van der Waals surface area contributed by atoms with E-state index >= 15 is 0 Å². The van der Waals surface area contributed by atoms with Crippen LogP contribution in [0.1, 0.15) is 17.2 Å².